The molecule has 0 saturated carbocycles. The monoisotopic (exact) mass is 1850 g/mol. The van der Waals surface area contributed by atoms with E-state index < -0.39 is 143 Å². The van der Waals surface area contributed by atoms with Crippen LogP contribution in [0.5, 0.6) is 0 Å². The summed E-state index contributed by atoms with van der Waals surface area (Å²) in [5.74, 6) is 0. The van der Waals surface area contributed by atoms with Crippen molar-refractivity contribution in [3.05, 3.63) is 329 Å². The average molecular weight is 1850 g/mol. The minimum Gasteiger partial charge on any atom is -0.598 e. The second-order valence-electron chi connectivity index (χ2n) is 30.5. The predicted molar refractivity (Wildman–Crippen MR) is 490 cm³/mol. The summed E-state index contributed by atoms with van der Waals surface area (Å²) in [4.78, 5) is 0.828. The number of sulfonamides is 4. The van der Waals surface area contributed by atoms with E-state index in [0.29, 0.717) is 11.1 Å². The molecule has 33 heteroatoms. The molecule has 10 aromatic carbocycles. The van der Waals surface area contributed by atoms with Crippen molar-refractivity contribution < 1.29 is 79.4 Å². The van der Waals surface area contributed by atoms with Gasteiger partial charge < -0.3 is 34.7 Å². The standard InChI is InChI=1S/C20H27NO4S2.C16H17NO4S2.2C16H19NO3S.C9H13NO.C7H7ClO2S.C4H11NOS.CH4/c1-15-11-13-18(14-12-15)27(23,24)21-16(2)19(17-9-7-6-8-10-17)25-26(22)20(3,4)5;1-12-8-10-15(11-9-12)23(19,20)17-13(2)16(21-22(17)18)14-6-4-3-5-7-14;2*1-12-8-10-15(11-9-12)21(19,20)17-13(2)16(18)14-6-4-3-5-7-14;1-7(10)9(11)8-5-3-2-4-6-8;1-6-2-4-7(5-3-6)11(8,9)10;1-4(2,3)7(5)6;/h6-14,16,19,21H,1-5H3;3-11,13,16H,1-2H3;2*3-11,13,16-18H,1-2H3;2-7,9,11H,10H2,1H3;2-5H,1H3;5H2,1-3H3;1H4/t16-,19-,26?;13-,16-,22?;2*13-,16-;7-,9-;;;/m11111.../s1. The molecule has 1 aliphatic heterocycles. The van der Waals surface area contributed by atoms with E-state index in [2.05, 4.69) is 14.2 Å². The average Bonchev–Trinajstić information content (AvgIpc) is 1.61. The van der Waals surface area contributed by atoms with Gasteiger partial charge in [0.25, 0.3) is 19.1 Å². The van der Waals surface area contributed by atoms with E-state index in [1.165, 1.54) is 24.3 Å². The lowest BCUT2D eigenvalue weighted by Gasteiger charge is -2.29. The fourth-order valence-corrected chi connectivity index (χ4v) is 19.1. The highest BCUT2D eigenvalue weighted by Gasteiger charge is 2.53. The lowest BCUT2D eigenvalue weighted by Crippen LogP contribution is -2.41. The van der Waals surface area contributed by atoms with Crippen molar-refractivity contribution in [3.63, 3.8) is 0 Å². The molecule has 3 unspecified atom stereocenters. The first kappa shape index (κ1) is 107. The molecule has 1 saturated heterocycles. The number of nitrogens with two attached hydrogens (primary N) is 2. The minimum atomic E-state index is -3.89. The van der Waals surface area contributed by atoms with Gasteiger partial charge in [0.2, 0.25) is 41.7 Å². The summed E-state index contributed by atoms with van der Waals surface area (Å²) in [5.41, 5.74) is 14.2. The van der Waals surface area contributed by atoms with Crippen molar-refractivity contribution in [1.82, 2.24) is 17.9 Å². The molecule has 122 heavy (non-hydrogen) atoms. The van der Waals surface area contributed by atoms with E-state index in [1.54, 1.807) is 180 Å². The van der Waals surface area contributed by atoms with Gasteiger partial charge in [-0.2, -0.15) is 9.32 Å². The molecule has 1 heterocycles. The van der Waals surface area contributed by atoms with E-state index in [4.69, 9.17) is 29.9 Å². The fourth-order valence-electron chi connectivity index (χ4n) is 10.7. The van der Waals surface area contributed by atoms with Crippen LogP contribution in [0.4, 0.5) is 0 Å². The van der Waals surface area contributed by atoms with Gasteiger partial charge in [0.1, 0.15) is 22.2 Å². The van der Waals surface area contributed by atoms with Gasteiger partial charge in [0.15, 0.2) is 17.0 Å². The van der Waals surface area contributed by atoms with Crippen molar-refractivity contribution in [3.8, 4) is 0 Å². The maximum absolute atomic E-state index is 12.8. The molecule has 0 bridgehead atoms. The Bertz CT molecular complexity index is 5220. The van der Waals surface area contributed by atoms with Crippen LogP contribution in [-0.2, 0) is 92.0 Å². The lowest BCUT2D eigenvalue weighted by atomic mass is 10.0. The van der Waals surface area contributed by atoms with Crippen LogP contribution in [0.15, 0.2) is 297 Å². The molecule has 0 aromatic heterocycles. The summed E-state index contributed by atoms with van der Waals surface area (Å²) in [6.07, 6.45) is -3.59. The van der Waals surface area contributed by atoms with Crippen LogP contribution in [0.25, 0.3) is 0 Å². The molecule has 0 spiro atoms. The summed E-state index contributed by atoms with van der Waals surface area (Å²) in [6, 6.07) is 75.8. The number of aliphatic hydroxyl groups is 3. The third-order valence-electron chi connectivity index (χ3n) is 17.9. The van der Waals surface area contributed by atoms with E-state index in [1.807, 2.05) is 179 Å². The van der Waals surface area contributed by atoms with Crippen molar-refractivity contribution in [2.75, 3.05) is 0 Å². The van der Waals surface area contributed by atoms with Gasteiger partial charge in [-0.25, -0.2) is 56.3 Å². The summed E-state index contributed by atoms with van der Waals surface area (Å²) >= 11 is -4.83. The number of aliphatic hydroxyl groups excluding tert-OH is 3. The Balaban J connectivity index is 0.000000308. The van der Waals surface area contributed by atoms with Crippen LogP contribution in [0, 0.1) is 34.6 Å². The van der Waals surface area contributed by atoms with E-state index in [9.17, 15) is 71.1 Å². The Morgan fingerprint density at radius 2 is 0.697 bits per heavy atom. The first-order valence-corrected chi connectivity index (χ1v) is 49.7. The van der Waals surface area contributed by atoms with Crippen molar-refractivity contribution in [2.24, 2.45) is 10.9 Å². The van der Waals surface area contributed by atoms with Crippen molar-refractivity contribution >= 4 is 94.3 Å². The molecule has 13 atom stereocenters. The Morgan fingerprint density at radius 3 is 0.975 bits per heavy atom. The van der Waals surface area contributed by atoms with E-state index >= 15 is 0 Å². The fraction of sp³-hybridized carbons (Fsp3) is 0.326. The van der Waals surface area contributed by atoms with Crippen LogP contribution in [0.2, 0.25) is 0 Å². The number of nitrogens with one attached hydrogen (secondary N) is 3. The quantitative estimate of drug-likeness (QED) is 0.0218. The zero-order chi connectivity index (χ0) is 90.6. The number of aryl methyl sites for hydroxylation is 5. The molecular weight excluding hydrogens is 1730 g/mol. The molecule has 1 fully saturated rings. The Hall–Kier alpha value is -7.27. The number of benzene rings is 10. The van der Waals surface area contributed by atoms with E-state index in [-0.39, 0.29) is 42.7 Å². The smallest absolute Gasteiger partial charge is 0.285 e. The number of hydrogen-bond donors (Lipinski definition) is 8. The highest BCUT2D eigenvalue weighted by atomic mass is 35.7. The SMILES string of the molecule is C.CC(C)(C)[S+](N)[O-].C[C@@H](N)[C@@H](O)c1ccccc1.Cc1ccc(S(=O)(=O)Cl)cc1.Cc1ccc(S(=O)(=O)N2[C@H](C)[C@H](c3ccccc3)O[S+]2[O-])cc1.Cc1ccc(S(=O)(=O)N[C@H](C)[C@@H](O)c2ccccc2)cc1.Cc1ccc(S(=O)(=O)N[C@H](C)[C@@H](O)c2ccccc2)cc1.Cc1ccc(S(=O)(=O)N[C@H](C)[C@@H](O[S+]([O-])C(C)(C)C)c2ccccc2)cc1. The second-order valence-corrected chi connectivity index (χ2v) is 45.0. The minimum absolute atomic E-state index is 0. The van der Waals surface area contributed by atoms with Crippen molar-refractivity contribution in [1.29, 1.82) is 0 Å². The maximum atomic E-state index is 12.8. The molecular formula is C89H117ClN6O18S8. The largest absolute Gasteiger partial charge is 0.598 e. The second kappa shape index (κ2) is 49.0. The third-order valence-corrected chi connectivity index (χ3v) is 30.2. The molecule has 0 aliphatic carbocycles. The van der Waals surface area contributed by atoms with Crippen LogP contribution < -0.4 is 25.0 Å². The van der Waals surface area contributed by atoms with Gasteiger partial charge in [-0.05, 0) is 199 Å². The Kier molecular flexibility index (Phi) is 43.0. The van der Waals surface area contributed by atoms with Gasteiger partial charge in [0, 0.05) is 43.9 Å². The van der Waals surface area contributed by atoms with Gasteiger partial charge in [0.05, 0.1) is 48.8 Å². The highest BCUT2D eigenvalue weighted by Crippen LogP contribution is 2.40. The van der Waals surface area contributed by atoms with Gasteiger partial charge in [-0.15, -0.1) is 4.18 Å². The van der Waals surface area contributed by atoms with Crippen LogP contribution in [0.3, 0.4) is 0 Å². The lowest BCUT2D eigenvalue weighted by molar-refractivity contribution is 0.146. The number of halogens is 1. The summed E-state index contributed by atoms with van der Waals surface area (Å²) in [5, 5.41) is 34.9. The summed E-state index contributed by atoms with van der Waals surface area (Å²) in [6.45, 7) is 28.9. The van der Waals surface area contributed by atoms with Crippen LogP contribution in [-0.4, -0.2) is 114 Å². The number of nitrogens with zero attached hydrogens (tertiary/aromatic N) is 1. The first-order valence-electron chi connectivity index (χ1n) is 38.2. The molecule has 10 N–H and O–H groups in total. The molecule has 10 aromatic rings. The van der Waals surface area contributed by atoms with Crippen molar-refractivity contribution in [2.45, 2.75) is 213 Å². The topological polar surface area (TPSA) is 410 Å². The van der Waals surface area contributed by atoms with Gasteiger partial charge in [-0.1, -0.05) is 248 Å². The molecule has 11 rings (SSSR count). The Morgan fingerprint density at radius 1 is 0.434 bits per heavy atom. The molecule has 0 radical (unpaired) electrons. The first-order chi connectivity index (χ1) is 56.4. The zero-order valence-electron chi connectivity index (χ0n) is 70.5. The molecule has 666 valence electrons. The van der Waals surface area contributed by atoms with Crippen LogP contribution in [0.1, 0.15) is 170 Å². The summed E-state index contributed by atoms with van der Waals surface area (Å²) < 4.78 is 176. The molecule has 1 aliphatic rings. The Labute approximate surface area is 738 Å². The number of hydrogen-bond acceptors (Lipinski definition) is 20. The van der Waals surface area contributed by atoms with E-state index in [0.717, 1.165) is 48.2 Å². The molecule has 24 nitrogen and oxygen atoms in total. The highest BCUT2D eigenvalue weighted by molar-refractivity contribution is 8.13. The normalized spacial score (nSPS) is 16.8. The zero-order valence-corrected chi connectivity index (χ0v) is 77.8. The maximum Gasteiger partial charge on any atom is 0.285 e. The van der Waals surface area contributed by atoms with Gasteiger partial charge in [-0.3, -0.25) is 0 Å². The number of rotatable bonds is 23. The third kappa shape index (κ3) is 34.6. The molecule has 0 amide bonds. The summed E-state index contributed by atoms with van der Waals surface area (Å²) in [7, 11) is -13.4. The van der Waals surface area contributed by atoms with Gasteiger partial charge >= 0.3 is 0 Å². The van der Waals surface area contributed by atoms with Crippen LogP contribution >= 0.6 is 10.7 Å². The predicted octanol–water partition coefficient (Wildman–Crippen LogP) is 15.4.